The van der Waals surface area contributed by atoms with Crippen molar-refractivity contribution in [1.82, 2.24) is 0 Å². The van der Waals surface area contributed by atoms with Gasteiger partial charge in [0.25, 0.3) is 0 Å². The number of hydrogen-bond donors (Lipinski definition) is 2. The number of anilines is 1. The number of carbonyl (C=O) groups is 1. The molecule has 0 aliphatic carbocycles. The third-order valence-corrected chi connectivity index (χ3v) is 2.73. The smallest absolute Gasteiger partial charge is 0.326 e. The van der Waals surface area contributed by atoms with E-state index in [9.17, 15) is 4.79 Å². The van der Waals surface area contributed by atoms with Gasteiger partial charge in [0.15, 0.2) is 0 Å². The molecule has 1 aromatic carbocycles. The minimum Gasteiger partial charge on any atom is -0.480 e. The van der Waals surface area contributed by atoms with Crippen molar-refractivity contribution in [3.05, 3.63) is 29.8 Å². The fraction of sp³-hybridized carbons (Fsp3) is 0.273. The van der Waals surface area contributed by atoms with Gasteiger partial charge in [0.05, 0.1) is 0 Å². The topological polar surface area (TPSA) is 66.6 Å². The minimum absolute atomic E-state index is 0.334. The highest BCUT2D eigenvalue weighted by Gasteiger charge is 2.16. The summed E-state index contributed by atoms with van der Waals surface area (Å²) in [5, 5.41) is 8.87. The van der Waals surface area contributed by atoms with Crippen LogP contribution in [0.15, 0.2) is 24.3 Å². The highest BCUT2D eigenvalue weighted by atomic mass is 32.1. The Morgan fingerprint density at radius 2 is 1.94 bits per heavy atom. The summed E-state index contributed by atoms with van der Waals surface area (Å²) in [6.07, 6.45) is 0. The van der Waals surface area contributed by atoms with Crippen LogP contribution in [-0.2, 0) is 4.79 Å². The fourth-order valence-corrected chi connectivity index (χ4v) is 1.39. The number of nitrogens with two attached hydrogens (primary N) is 1. The molecule has 86 valence electrons. The molecule has 0 saturated carbocycles. The number of aliphatic carboxylic acids is 1. The van der Waals surface area contributed by atoms with E-state index >= 15 is 0 Å². The van der Waals surface area contributed by atoms with Crippen molar-refractivity contribution in [3.8, 4) is 0 Å². The lowest BCUT2D eigenvalue weighted by Gasteiger charge is -2.23. The van der Waals surface area contributed by atoms with Crippen molar-refractivity contribution in [1.29, 1.82) is 0 Å². The molecule has 1 unspecified atom stereocenters. The first-order chi connectivity index (χ1) is 7.43. The standard InChI is InChI=1S/C11H14N2O2S/c1-7(11(14)15)13(2)9-5-3-8(4-6-9)10(12)16/h3-7H,1-2H3,(H2,12,16)(H,14,15). The maximum absolute atomic E-state index is 10.8. The predicted octanol–water partition coefficient (Wildman–Crippen LogP) is 1.23. The highest BCUT2D eigenvalue weighted by Crippen LogP contribution is 2.16. The van der Waals surface area contributed by atoms with Crippen LogP contribution >= 0.6 is 12.2 Å². The Hall–Kier alpha value is -1.62. The summed E-state index contributed by atoms with van der Waals surface area (Å²) in [6.45, 7) is 1.63. The van der Waals surface area contributed by atoms with Gasteiger partial charge in [-0.15, -0.1) is 0 Å². The zero-order valence-electron chi connectivity index (χ0n) is 9.18. The molecule has 0 saturated heterocycles. The zero-order chi connectivity index (χ0) is 12.3. The number of thiocarbonyl (C=S) groups is 1. The van der Waals surface area contributed by atoms with Gasteiger partial charge in [0.2, 0.25) is 0 Å². The normalized spacial score (nSPS) is 11.9. The predicted molar refractivity (Wildman–Crippen MR) is 67.8 cm³/mol. The molecule has 5 heteroatoms. The van der Waals surface area contributed by atoms with E-state index in [0.717, 1.165) is 11.3 Å². The maximum atomic E-state index is 10.8. The van der Waals surface area contributed by atoms with Gasteiger partial charge in [-0.3, -0.25) is 0 Å². The average molecular weight is 238 g/mol. The number of rotatable bonds is 4. The second-order valence-electron chi connectivity index (χ2n) is 3.54. The third-order valence-electron chi connectivity index (χ3n) is 2.50. The minimum atomic E-state index is -0.860. The summed E-state index contributed by atoms with van der Waals surface area (Å²) < 4.78 is 0. The van der Waals surface area contributed by atoms with E-state index in [1.165, 1.54) is 0 Å². The van der Waals surface area contributed by atoms with E-state index in [4.69, 9.17) is 23.1 Å². The number of carboxylic acids is 1. The lowest BCUT2D eigenvalue weighted by molar-refractivity contribution is -0.138. The lowest BCUT2D eigenvalue weighted by Crippen LogP contribution is -2.35. The molecule has 0 bridgehead atoms. The van der Waals surface area contributed by atoms with Crippen LogP contribution in [0.1, 0.15) is 12.5 Å². The van der Waals surface area contributed by atoms with Crippen LogP contribution in [0.3, 0.4) is 0 Å². The molecule has 0 aliphatic rings. The van der Waals surface area contributed by atoms with E-state index in [1.54, 1.807) is 43.1 Å². The molecule has 0 aliphatic heterocycles. The summed E-state index contributed by atoms with van der Waals surface area (Å²) >= 11 is 4.83. The molecular formula is C11H14N2O2S. The molecule has 0 amide bonds. The second kappa shape index (κ2) is 4.94. The SMILES string of the molecule is CC(C(=O)O)N(C)c1ccc(C(N)=S)cc1. The maximum Gasteiger partial charge on any atom is 0.326 e. The molecule has 0 fully saturated rings. The first-order valence-electron chi connectivity index (χ1n) is 4.79. The first kappa shape index (κ1) is 12.4. The Balaban J connectivity index is 2.89. The molecule has 4 nitrogen and oxygen atoms in total. The number of nitrogens with zero attached hydrogens (tertiary/aromatic N) is 1. The van der Waals surface area contributed by atoms with Crippen LogP contribution in [0.5, 0.6) is 0 Å². The Bertz CT molecular complexity index is 403. The zero-order valence-corrected chi connectivity index (χ0v) is 9.99. The quantitative estimate of drug-likeness (QED) is 0.772. The van der Waals surface area contributed by atoms with Crippen LogP contribution in [0.25, 0.3) is 0 Å². The Morgan fingerprint density at radius 1 is 1.44 bits per heavy atom. The van der Waals surface area contributed by atoms with Crippen LogP contribution in [0.2, 0.25) is 0 Å². The second-order valence-corrected chi connectivity index (χ2v) is 3.98. The van der Waals surface area contributed by atoms with E-state index in [-0.39, 0.29) is 0 Å². The van der Waals surface area contributed by atoms with Crippen molar-refractivity contribution >= 4 is 28.9 Å². The van der Waals surface area contributed by atoms with Crippen molar-refractivity contribution < 1.29 is 9.90 Å². The molecule has 0 aromatic heterocycles. The lowest BCUT2D eigenvalue weighted by atomic mass is 10.2. The van der Waals surface area contributed by atoms with E-state index in [0.29, 0.717) is 4.99 Å². The number of hydrogen-bond acceptors (Lipinski definition) is 3. The van der Waals surface area contributed by atoms with Crippen molar-refractivity contribution in [2.45, 2.75) is 13.0 Å². The van der Waals surface area contributed by atoms with Gasteiger partial charge in [-0.1, -0.05) is 12.2 Å². The van der Waals surface area contributed by atoms with Crippen LogP contribution in [0.4, 0.5) is 5.69 Å². The monoisotopic (exact) mass is 238 g/mol. The molecule has 3 N–H and O–H groups in total. The van der Waals surface area contributed by atoms with Gasteiger partial charge in [-0.25, -0.2) is 4.79 Å². The largest absolute Gasteiger partial charge is 0.480 e. The van der Waals surface area contributed by atoms with Gasteiger partial charge in [0.1, 0.15) is 11.0 Å². The van der Waals surface area contributed by atoms with Crippen LogP contribution < -0.4 is 10.6 Å². The van der Waals surface area contributed by atoms with Crippen molar-refractivity contribution in [2.75, 3.05) is 11.9 Å². The van der Waals surface area contributed by atoms with E-state index in [1.807, 2.05) is 0 Å². The summed E-state index contributed by atoms with van der Waals surface area (Å²) in [7, 11) is 1.73. The van der Waals surface area contributed by atoms with Gasteiger partial charge < -0.3 is 15.7 Å². The molecule has 0 heterocycles. The third kappa shape index (κ3) is 2.70. The number of likely N-dealkylation sites (N-methyl/N-ethyl adjacent to an activating group) is 1. The molecule has 0 radical (unpaired) electrons. The first-order valence-corrected chi connectivity index (χ1v) is 5.20. The highest BCUT2D eigenvalue weighted by molar-refractivity contribution is 7.80. The Labute approximate surface area is 99.7 Å². The molecule has 16 heavy (non-hydrogen) atoms. The van der Waals surface area contributed by atoms with Gasteiger partial charge in [-0.2, -0.15) is 0 Å². The van der Waals surface area contributed by atoms with Crippen molar-refractivity contribution in [3.63, 3.8) is 0 Å². The summed E-state index contributed by atoms with van der Waals surface area (Å²) in [5.41, 5.74) is 7.06. The summed E-state index contributed by atoms with van der Waals surface area (Å²) in [5.74, 6) is -0.860. The molecule has 1 aromatic rings. The average Bonchev–Trinajstić information content (AvgIpc) is 2.27. The van der Waals surface area contributed by atoms with Crippen LogP contribution in [-0.4, -0.2) is 29.2 Å². The molecule has 1 rings (SSSR count). The van der Waals surface area contributed by atoms with E-state index in [2.05, 4.69) is 0 Å². The van der Waals surface area contributed by atoms with Crippen molar-refractivity contribution in [2.24, 2.45) is 5.73 Å². The Kier molecular flexibility index (Phi) is 3.84. The molecule has 0 spiro atoms. The molecule has 1 atom stereocenters. The fourth-order valence-electron chi connectivity index (χ4n) is 1.25. The number of carboxylic acid groups (broad SMARTS) is 1. The Morgan fingerprint density at radius 3 is 2.31 bits per heavy atom. The molecular weight excluding hydrogens is 224 g/mol. The van der Waals surface area contributed by atoms with E-state index < -0.39 is 12.0 Å². The van der Waals surface area contributed by atoms with Gasteiger partial charge in [-0.05, 0) is 31.2 Å². The summed E-state index contributed by atoms with van der Waals surface area (Å²) in [6, 6.07) is 6.59. The van der Waals surface area contributed by atoms with Crippen LogP contribution in [0, 0.1) is 0 Å². The summed E-state index contributed by atoms with van der Waals surface area (Å²) in [4.78, 5) is 12.8. The van der Waals surface area contributed by atoms with Gasteiger partial charge >= 0.3 is 5.97 Å². The number of benzene rings is 1. The van der Waals surface area contributed by atoms with Gasteiger partial charge in [0, 0.05) is 18.3 Å².